The quantitative estimate of drug-likeness (QED) is 0.896. The molecule has 0 saturated heterocycles. The molecule has 0 radical (unpaired) electrons. The summed E-state index contributed by atoms with van der Waals surface area (Å²) in [7, 11) is 0. The summed E-state index contributed by atoms with van der Waals surface area (Å²) in [5.41, 5.74) is 2.25. The van der Waals surface area contributed by atoms with Gasteiger partial charge in [0.05, 0.1) is 5.69 Å². The van der Waals surface area contributed by atoms with Crippen LogP contribution in [0, 0.1) is 0 Å². The maximum atomic E-state index is 4.59. The number of aromatic nitrogens is 3. The van der Waals surface area contributed by atoms with Crippen molar-refractivity contribution in [2.75, 3.05) is 0 Å². The van der Waals surface area contributed by atoms with Gasteiger partial charge in [0, 0.05) is 30.5 Å². The molecule has 2 heterocycles. The molecule has 0 aliphatic carbocycles. The van der Waals surface area contributed by atoms with E-state index in [-0.39, 0.29) is 0 Å². The van der Waals surface area contributed by atoms with E-state index in [1.807, 2.05) is 23.1 Å². The summed E-state index contributed by atoms with van der Waals surface area (Å²) in [5, 5.41) is 8.01. The van der Waals surface area contributed by atoms with Crippen LogP contribution in [-0.2, 0) is 6.54 Å². The molecule has 4 nitrogen and oxygen atoms in total. The van der Waals surface area contributed by atoms with Gasteiger partial charge in [0.2, 0.25) is 0 Å². The monoisotopic (exact) mass is 258 g/mol. The molecule has 0 bridgehead atoms. The van der Waals surface area contributed by atoms with Crippen molar-refractivity contribution < 1.29 is 0 Å². The highest BCUT2D eigenvalue weighted by Crippen LogP contribution is 2.15. The first kappa shape index (κ1) is 13.7. The molecule has 0 saturated carbocycles. The van der Waals surface area contributed by atoms with Gasteiger partial charge in [-0.3, -0.25) is 0 Å². The van der Waals surface area contributed by atoms with E-state index in [1.165, 1.54) is 0 Å². The summed E-state index contributed by atoms with van der Waals surface area (Å²) in [6.07, 6.45) is 3.79. The van der Waals surface area contributed by atoms with Crippen LogP contribution in [0.25, 0.3) is 5.82 Å². The Morgan fingerprint density at radius 2 is 2.00 bits per heavy atom. The van der Waals surface area contributed by atoms with Crippen molar-refractivity contribution in [3.05, 3.63) is 41.9 Å². The minimum Gasteiger partial charge on any atom is -0.310 e. The van der Waals surface area contributed by atoms with Gasteiger partial charge in [0.15, 0.2) is 5.82 Å². The van der Waals surface area contributed by atoms with E-state index in [9.17, 15) is 0 Å². The highest BCUT2D eigenvalue weighted by Gasteiger charge is 2.09. The van der Waals surface area contributed by atoms with E-state index < -0.39 is 0 Å². The van der Waals surface area contributed by atoms with Gasteiger partial charge in [-0.25, -0.2) is 9.67 Å². The lowest BCUT2D eigenvalue weighted by Crippen LogP contribution is -2.23. The smallest absolute Gasteiger partial charge is 0.157 e. The van der Waals surface area contributed by atoms with Gasteiger partial charge in [-0.05, 0) is 18.1 Å². The van der Waals surface area contributed by atoms with Crippen LogP contribution in [0.5, 0.6) is 0 Å². The Hall–Kier alpha value is -1.68. The molecule has 2 rings (SSSR count). The Morgan fingerprint density at radius 1 is 1.21 bits per heavy atom. The molecule has 1 N–H and O–H groups in total. The number of hydrogen-bond acceptors (Lipinski definition) is 3. The molecule has 0 aliphatic rings. The fraction of sp³-hybridized carbons (Fsp3) is 0.467. The van der Waals surface area contributed by atoms with Crippen LogP contribution in [0.2, 0.25) is 0 Å². The first-order valence-electron chi connectivity index (χ1n) is 6.81. The third kappa shape index (κ3) is 3.41. The average molecular weight is 258 g/mol. The van der Waals surface area contributed by atoms with Crippen LogP contribution in [0.1, 0.15) is 44.9 Å². The van der Waals surface area contributed by atoms with Crippen LogP contribution in [0.4, 0.5) is 0 Å². The van der Waals surface area contributed by atoms with E-state index in [1.54, 1.807) is 0 Å². The normalized spacial score (nSPS) is 11.5. The zero-order valence-electron chi connectivity index (χ0n) is 12.1. The van der Waals surface area contributed by atoms with Gasteiger partial charge in [-0.1, -0.05) is 33.8 Å². The summed E-state index contributed by atoms with van der Waals surface area (Å²) in [6.45, 7) is 9.37. The summed E-state index contributed by atoms with van der Waals surface area (Å²) >= 11 is 0. The van der Waals surface area contributed by atoms with Gasteiger partial charge in [-0.2, -0.15) is 5.10 Å². The minimum atomic E-state index is 0.433. The van der Waals surface area contributed by atoms with Crippen molar-refractivity contribution in [1.82, 2.24) is 20.1 Å². The molecule has 4 heteroatoms. The van der Waals surface area contributed by atoms with E-state index in [0.29, 0.717) is 12.0 Å². The van der Waals surface area contributed by atoms with E-state index in [0.717, 1.165) is 23.6 Å². The first-order chi connectivity index (χ1) is 9.08. The number of nitrogens with zero attached hydrogens (tertiary/aromatic N) is 3. The lowest BCUT2D eigenvalue weighted by Gasteiger charge is -2.11. The molecule has 0 spiro atoms. The molecule has 0 amide bonds. The lowest BCUT2D eigenvalue weighted by molar-refractivity contribution is 0.584. The number of nitrogens with one attached hydrogen (secondary N) is 1. The van der Waals surface area contributed by atoms with Gasteiger partial charge in [-0.15, -0.1) is 0 Å². The lowest BCUT2D eigenvalue weighted by atomic mass is 10.1. The predicted octanol–water partition coefficient (Wildman–Crippen LogP) is 2.89. The van der Waals surface area contributed by atoms with Gasteiger partial charge >= 0.3 is 0 Å². The third-order valence-corrected chi connectivity index (χ3v) is 2.99. The third-order valence-electron chi connectivity index (χ3n) is 2.99. The topological polar surface area (TPSA) is 42.7 Å². The maximum Gasteiger partial charge on any atom is 0.157 e. The molecule has 2 aromatic rings. The maximum absolute atomic E-state index is 4.59. The molecule has 19 heavy (non-hydrogen) atoms. The summed E-state index contributed by atoms with van der Waals surface area (Å²) in [4.78, 5) is 4.46. The fourth-order valence-electron chi connectivity index (χ4n) is 1.85. The second-order valence-electron chi connectivity index (χ2n) is 5.36. The van der Waals surface area contributed by atoms with Crippen molar-refractivity contribution >= 4 is 0 Å². The van der Waals surface area contributed by atoms with Crippen molar-refractivity contribution in [1.29, 1.82) is 0 Å². The average Bonchev–Trinajstić information content (AvgIpc) is 2.86. The first-order valence-corrected chi connectivity index (χ1v) is 6.81. The number of pyridine rings is 1. The number of rotatable bonds is 5. The number of hydrogen-bond donors (Lipinski definition) is 1. The van der Waals surface area contributed by atoms with Gasteiger partial charge < -0.3 is 5.32 Å². The molecular formula is C15H22N4. The van der Waals surface area contributed by atoms with E-state index in [4.69, 9.17) is 0 Å². The highest BCUT2D eigenvalue weighted by atomic mass is 15.3. The predicted molar refractivity (Wildman–Crippen MR) is 77.4 cm³/mol. The van der Waals surface area contributed by atoms with Crippen molar-refractivity contribution in [2.24, 2.45) is 0 Å². The Bertz CT molecular complexity index is 528. The van der Waals surface area contributed by atoms with Crippen LogP contribution in [0.3, 0.4) is 0 Å². The van der Waals surface area contributed by atoms with Crippen LogP contribution < -0.4 is 5.32 Å². The van der Waals surface area contributed by atoms with Crippen molar-refractivity contribution in [3.8, 4) is 5.82 Å². The van der Waals surface area contributed by atoms with Crippen LogP contribution in [-0.4, -0.2) is 20.8 Å². The molecule has 102 valence electrons. The largest absolute Gasteiger partial charge is 0.310 e. The molecular weight excluding hydrogens is 236 g/mol. The molecule has 0 aliphatic heterocycles. The summed E-state index contributed by atoms with van der Waals surface area (Å²) in [6, 6.07) is 6.57. The molecule has 0 fully saturated rings. The molecule has 2 aromatic heterocycles. The highest BCUT2D eigenvalue weighted by molar-refractivity contribution is 5.33. The van der Waals surface area contributed by atoms with E-state index >= 15 is 0 Å². The van der Waals surface area contributed by atoms with Crippen LogP contribution >= 0.6 is 0 Å². The van der Waals surface area contributed by atoms with Crippen LogP contribution in [0.15, 0.2) is 30.6 Å². The Balaban J connectivity index is 2.27. The molecule has 0 unspecified atom stereocenters. The Kier molecular flexibility index (Phi) is 4.32. The zero-order chi connectivity index (χ0) is 13.8. The Labute approximate surface area is 114 Å². The van der Waals surface area contributed by atoms with Crippen molar-refractivity contribution in [2.45, 2.75) is 46.2 Å². The summed E-state index contributed by atoms with van der Waals surface area (Å²) in [5.74, 6) is 1.34. The van der Waals surface area contributed by atoms with Gasteiger partial charge in [0.25, 0.3) is 0 Å². The van der Waals surface area contributed by atoms with Gasteiger partial charge in [0.1, 0.15) is 0 Å². The summed E-state index contributed by atoms with van der Waals surface area (Å²) < 4.78 is 1.87. The second-order valence-corrected chi connectivity index (χ2v) is 5.36. The zero-order valence-corrected chi connectivity index (χ0v) is 12.1. The fourth-order valence-corrected chi connectivity index (χ4v) is 1.85. The standard InChI is InChI=1S/C15H22N4/c1-11(2)14-7-9-19(18-14)15-13(6-5-8-16-15)10-17-12(3)4/h5-9,11-12,17H,10H2,1-4H3. The second kappa shape index (κ2) is 5.97. The Morgan fingerprint density at radius 3 is 2.63 bits per heavy atom. The minimum absolute atomic E-state index is 0.433. The van der Waals surface area contributed by atoms with E-state index in [2.05, 4.69) is 55.2 Å². The van der Waals surface area contributed by atoms with Crippen molar-refractivity contribution in [3.63, 3.8) is 0 Å². The SMILES string of the molecule is CC(C)NCc1cccnc1-n1ccc(C(C)C)n1. The molecule has 0 aromatic carbocycles. The molecule has 0 atom stereocenters.